The summed E-state index contributed by atoms with van der Waals surface area (Å²) in [5.41, 5.74) is 6.24. The first-order valence-electron chi connectivity index (χ1n) is 7.56. The fourth-order valence-electron chi connectivity index (χ4n) is 3.92. The number of nitrogens with two attached hydrogens (primary N) is 1. The molecule has 2 rings (SSSR count). The summed E-state index contributed by atoms with van der Waals surface area (Å²) >= 11 is 0. The van der Waals surface area contributed by atoms with Gasteiger partial charge in [0.1, 0.15) is 0 Å². The van der Waals surface area contributed by atoms with Crippen molar-refractivity contribution in [3.63, 3.8) is 0 Å². The largest absolute Gasteiger partial charge is 0.385 e. The maximum absolute atomic E-state index is 11.5. The van der Waals surface area contributed by atoms with Crippen LogP contribution in [-0.2, 0) is 5.60 Å². The highest BCUT2D eigenvalue weighted by atomic mass is 16.3. The van der Waals surface area contributed by atoms with Crippen LogP contribution in [0.5, 0.6) is 0 Å². The quantitative estimate of drug-likeness (QED) is 0.853. The van der Waals surface area contributed by atoms with Crippen LogP contribution in [0.3, 0.4) is 0 Å². The molecule has 0 radical (unpaired) electrons. The van der Waals surface area contributed by atoms with Gasteiger partial charge in [0, 0.05) is 12.0 Å². The Balaban J connectivity index is 2.43. The van der Waals surface area contributed by atoms with Crippen LogP contribution in [0.4, 0.5) is 0 Å². The van der Waals surface area contributed by atoms with Crippen molar-refractivity contribution in [3.8, 4) is 0 Å². The zero-order valence-electron chi connectivity index (χ0n) is 12.2. The maximum atomic E-state index is 11.5. The Labute approximate surface area is 117 Å². The molecule has 0 saturated heterocycles. The summed E-state index contributed by atoms with van der Waals surface area (Å²) in [7, 11) is 0. The highest BCUT2D eigenvalue weighted by Gasteiger charge is 2.52. The molecule has 1 aromatic rings. The van der Waals surface area contributed by atoms with Crippen molar-refractivity contribution in [2.45, 2.75) is 51.6 Å². The van der Waals surface area contributed by atoms with Crippen molar-refractivity contribution in [1.82, 2.24) is 0 Å². The highest BCUT2D eigenvalue weighted by Crippen LogP contribution is 2.54. The molecule has 1 fully saturated rings. The Hall–Kier alpha value is -0.860. The molecule has 3 atom stereocenters. The summed E-state index contributed by atoms with van der Waals surface area (Å²) in [5, 5.41) is 11.5. The Kier molecular flexibility index (Phi) is 4.32. The van der Waals surface area contributed by atoms with E-state index in [4.69, 9.17) is 5.73 Å². The van der Waals surface area contributed by atoms with Gasteiger partial charge in [-0.1, -0.05) is 50.6 Å². The zero-order chi connectivity index (χ0) is 13.9. The van der Waals surface area contributed by atoms with E-state index in [9.17, 15) is 5.11 Å². The van der Waals surface area contributed by atoms with E-state index >= 15 is 0 Å². The van der Waals surface area contributed by atoms with Crippen molar-refractivity contribution in [3.05, 3.63) is 35.9 Å². The summed E-state index contributed by atoms with van der Waals surface area (Å²) in [6.45, 7) is 4.98. The molecule has 0 bridgehead atoms. The molecule has 0 aromatic heterocycles. The maximum Gasteiger partial charge on any atom is 0.0964 e. The third-order valence-electron chi connectivity index (χ3n) is 4.99. The minimum atomic E-state index is -0.775. The van der Waals surface area contributed by atoms with Crippen molar-refractivity contribution in [2.75, 3.05) is 6.54 Å². The van der Waals surface area contributed by atoms with E-state index in [0.717, 1.165) is 31.2 Å². The van der Waals surface area contributed by atoms with E-state index in [-0.39, 0.29) is 5.41 Å². The smallest absolute Gasteiger partial charge is 0.0964 e. The summed E-state index contributed by atoms with van der Waals surface area (Å²) in [4.78, 5) is 0. The summed E-state index contributed by atoms with van der Waals surface area (Å²) in [5.74, 6) is 0.663. The molecule has 2 nitrogen and oxygen atoms in total. The molecule has 0 spiro atoms. The fourth-order valence-corrected chi connectivity index (χ4v) is 3.92. The van der Waals surface area contributed by atoms with Crippen LogP contribution in [0.2, 0.25) is 0 Å². The molecule has 1 aliphatic rings. The first kappa shape index (κ1) is 14.5. The lowest BCUT2D eigenvalue weighted by Crippen LogP contribution is -2.49. The summed E-state index contributed by atoms with van der Waals surface area (Å²) < 4.78 is 0. The standard InChI is InChI=1S/C17H27NO/c1-3-10-17(19,15-7-5-4-6-8-15)16(13-18)11-9-14(2)12-16/h4-8,14,19H,3,9-13,18H2,1-2H3. The molecule has 106 valence electrons. The van der Waals surface area contributed by atoms with Crippen LogP contribution < -0.4 is 5.73 Å². The SMILES string of the molecule is CCCC(O)(c1ccccc1)C1(CN)CCC(C)C1. The molecule has 3 N–H and O–H groups in total. The molecular weight excluding hydrogens is 234 g/mol. The van der Waals surface area contributed by atoms with Gasteiger partial charge in [-0.25, -0.2) is 0 Å². The summed E-state index contributed by atoms with van der Waals surface area (Å²) in [6, 6.07) is 10.1. The lowest BCUT2D eigenvalue weighted by Gasteiger charge is -2.45. The molecule has 2 heteroatoms. The first-order valence-corrected chi connectivity index (χ1v) is 7.56. The van der Waals surface area contributed by atoms with Gasteiger partial charge < -0.3 is 10.8 Å². The zero-order valence-corrected chi connectivity index (χ0v) is 12.2. The molecule has 1 saturated carbocycles. The minimum absolute atomic E-state index is 0.149. The van der Waals surface area contributed by atoms with E-state index in [1.807, 2.05) is 18.2 Å². The van der Waals surface area contributed by atoms with Crippen LogP contribution in [0.1, 0.15) is 51.5 Å². The molecule has 0 heterocycles. The van der Waals surface area contributed by atoms with E-state index in [1.165, 1.54) is 6.42 Å². The number of rotatable bonds is 5. The first-order chi connectivity index (χ1) is 9.08. The highest BCUT2D eigenvalue weighted by molar-refractivity contribution is 5.26. The molecular formula is C17H27NO. The van der Waals surface area contributed by atoms with Gasteiger partial charge in [0.05, 0.1) is 5.60 Å². The molecule has 1 aromatic carbocycles. The Morgan fingerprint density at radius 3 is 2.53 bits per heavy atom. The van der Waals surface area contributed by atoms with Gasteiger partial charge in [-0.05, 0) is 37.2 Å². The van der Waals surface area contributed by atoms with Gasteiger partial charge in [0.2, 0.25) is 0 Å². The van der Waals surface area contributed by atoms with Gasteiger partial charge >= 0.3 is 0 Å². The van der Waals surface area contributed by atoms with Crippen molar-refractivity contribution in [2.24, 2.45) is 17.1 Å². The van der Waals surface area contributed by atoms with Gasteiger partial charge in [-0.2, -0.15) is 0 Å². The fraction of sp³-hybridized carbons (Fsp3) is 0.647. The van der Waals surface area contributed by atoms with Crippen LogP contribution in [0.15, 0.2) is 30.3 Å². The Bertz CT molecular complexity index is 405. The predicted molar refractivity (Wildman–Crippen MR) is 79.7 cm³/mol. The number of hydrogen-bond acceptors (Lipinski definition) is 2. The lowest BCUT2D eigenvalue weighted by atomic mass is 9.64. The van der Waals surface area contributed by atoms with Crippen molar-refractivity contribution in [1.29, 1.82) is 0 Å². The lowest BCUT2D eigenvalue weighted by molar-refractivity contribution is -0.0938. The number of benzene rings is 1. The Morgan fingerprint density at radius 1 is 1.37 bits per heavy atom. The average molecular weight is 261 g/mol. The number of aliphatic hydroxyl groups is 1. The molecule has 1 aliphatic carbocycles. The normalized spacial score (nSPS) is 30.2. The monoisotopic (exact) mass is 261 g/mol. The van der Waals surface area contributed by atoms with Crippen LogP contribution >= 0.6 is 0 Å². The van der Waals surface area contributed by atoms with E-state index in [0.29, 0.717) is 12.5 Å². The topological polar surface area (TPSA) is 46.2 Å². The van der Waals surface area contributed by atoms with Crippen molar-refractivity contribution < 1.29 is 5.11 Å². The third-order valence-corrected chi connectivity index (χ3v) is 4.99. The van der Waals surface area contributed by atoms with Crippen LogP contribution in [-0.4, -0.2) is 11.7 Å². The predicted octanol–water partition coefficient (Wildman–Crippen LogP) is 3.44. The van der Waals surface area contributed by atoms with Crippen LogP contribution in [0, 0.1) is 11.3 Å². The average Bonchev–Trinajstić information content (AvgIpc) is 2.83. The molecule has 0 aliphatic heterocycles. The van der Waals surface area contributed by atoms with E-state index in [1.54, 1.807) is 0 Å². The van der Waals surface area contributed by atoms with Gasteiger partial charge in [0.25, 0.3) is 0 Å². The second-order valence-electron chi connectivity index (χ2n) is 6.31. The molecule has 0 amide bonds. The number of hydrogen-bond donors (Lipinski definition) is 2. The third kappa shape index (κ3) is 2.44. The van der Waals surface area contributed by atoms with E-state index in [2.05, 4.69) is 26.0 Å². The van der Waals surface area contributed by atoms with Gasteiger partial charge in [-0.3, -0.25) is 0 Å². The molecule has 3 unspecified atom stereocenters. The second-order valence-corrected chi connectivity index (χ2v) is 6.31. The van der Waals surface area contributed by atoms with Crippen molar-refractivity contribution >= 4 is 0 Å². The minimum Gasteiger partial charge on any atom is -0.385 e. The van der Waals surface area contributed by atoms with Gasteiger partial charge in [-0.15, -0.1) is 0 Å². The second kappa shape index (κ2) is 5.64. The van der Waals surface area contributed by atoms with Crippen LogP contribution in [0.25, 0.3) is 0 Å². The molecule has 19 heavy (non-hydrogen) atoms. The Morgan fingerprint density at radius 2 is 2.05 bits per heavy atom. The summed E-state index contributed by atoms with van der Waals surface area (Å²) in [6.07, 6.45) is 5.02. The van der Waals surface area contributed by atoms with Gasteiger partial charge in [0.15, 0.2) is 0 Å². The van der Waals surface area contributed by atoms with E-state index < -0.39 is 5.60 Å².